The van der Waals surface area contributed by atoms with Crippen LogP contribution in [0.2, 0.25) is 0 Å². The molecule has 0 amide bonds. The predicted octanol–water partition coefficient (Wildman–Crippen LogP) is 4.77. The first-order valence-corrected chi connectivity index (χ1v) is 6.42. The molecule has 1 unspecified atom stereocenters. The van der Waals surface area contributed by atoms with Gasteiger partial charge in [0.1, 0.15) is 17.6 Å². The SMILES string of the molecule is Cc1cccc(C(CC(F)(F)F)Oc2ccc(O)cc2)c1. The number of phenolic OH excluding ortho intramolecular Hbond substituents is 1. The van der Waals surface area contributed by atoms with Gasteiger partial charge in [0, 0.05) is 0 Å². The number of ether oxygens (including phenoxy) is 1. The Labute approximate surface area is 120 Å². The second-order valence-corrected chi connectivity index (χ2v) is 4.83. The Morgan fingerprint density at radius 2 is 1.76 bits per heavy atom. The number of phenols is 1. The molecule has 0 aliphatic carbocycles. The van der Waals surface area contributed by atoms with Gasteiger partial charge in [-0.1, -0.05) is 29.8 Å². The molecule has 1 N–H and O–H groups in total. The number of hydrogen-bond acceptors (Lipinski definition) is 2. The Morgan fingerprint density at radius 1 is 1.10 bits per heavy atom. The van der Waals surface area contributed by atoms with Crippen LogP contribution >= 0.6 is 0 Å². The third-order valence-corrected chi connectivity index (χ3v) is 2.95. The standard InChI is InChI=1S/C16H15F3O2/c1-11-3-2-4-12(9-11)15(10-16(17,18)19)21-14-7-5-13(20)6-8-14/h2-9,15,20H,10H2,1H3. The maximum atomic E-state index is 12.7. The molecule has 2 aromatic rings. The third-order valence-electron chi connectivity index (χ3n) is 2.95. The van der Waals surface area contributed by atoms with Crippen molar-refractivity contribution in [3.05, 3.63) is 59.7 Å². The van der Waals surface area contributed by atoms with Gasteiger partial charge >= 0.3 is 6.18 Å². The molecule has 21 heavy (non-hydrogen) atoms. The van der Waals surface area contributed by atoms with Crippen molar-refractivity contribution in [1.29, 1.82) is 0 Å². The molecule has 5 heteroatoms. The molecular weight excluding hydrogens is 281 g/mol. The van der Waals surface area contributed by atoms with Gasteiger partial charge in [0.15, 0.2) is 0 Å². The Kier molecular flexibility index (Phi) is 4.40. The number of aromatic hydroxyl groups is 1. The highest BCUT2D eigenvalue weighted by Crippen LogP contribution is 2.33. The zero-order valence-electron chi connectivity index (χ0n) is 11.4. The zero-order chi connectivity index (χ0) is 15.5. The van der Waals surface area contributed by atoms with E-state index in [0.717, 1.165) is 5.56 Å². The van der Waals surface area contributed by atoms with Crippen molar-refractivity contribution in [1.82, 2.24) is 0 Å². The van der Waals surface area contributed by atoms with E-state index in [1.165, 1.54) is 24.3 Å². The van der Waals surface area contributed by atoms with Crippen LogP contribution in [0.25, 0.3) is 0 Å². The zero-order valence-corrected chi connectivity index (χ0v) is 11.4. The van der Waals surface area contributed by atoms with E-state index in [-0.39, 0.29) is 11.5 Å². The van der Waals surface area contributed by atoms with E-state index < -0.39 is 18.7 Å². The van der Waals surface area contributed by atoms with E-state index in [1.807, 2.05) is 13.0 Å². The molecule has 0 heterocycles. The van der Waals surface area contributed by atoms with Crippen molar-refractivity contribution >= 4 is 0 Å². The summed E-state index contributed by atoms with van der Waals surface area (Å²) in [5.74, 6) is 0.314. The fraction of sp³-hybridized carbons (Fsp3) is 0.250. The lowest BCUT2D eigenvalue weighted by atomic mass is 10.0. The lowest BCUT2D eigenvalue weighted by Gasteiger charge is -2.21. The number of benzene rings is 2. The molecule has 0 bridgehead atoms. The van der Waals surface area contributed by atoms with Crippen LogP contribution in [0, 0.1) is 6.92 Å². The number of rotatable bonds is 4. The Balaban J connectivity index is 2.25. The minimum absolute atomic E-state index is 0.0327. The van der Waals surface area contributed by atoms with Gasteiger partial charge in [-0.2, -0.15) is 13.2 Å². The van der Waals surface area contributed by atoms with Gasteiger partial charge in [0.2, 0.25) is 0 Å². The van der Waals surface area contributed by atoms with Crippen LogP contribution in [0.3, 0.4) is 0 Å². The van der Waals surface area contributed by atoms with E-state index in [9.17, 15) is 18.3 Å². The fourth-order valence-electron chi connectivity index (χ4n) is 2.00. The summed E-state index contributed by atoms with van der Waals surface area (Å²) in [5.41, 5.74) is 1.34. The first kappa shape index (κ1) is 15.2. The number of halogens is 3. The smallest absolute Gasteiger partial charge is 0.392 e. The van der Waals surface area contributed by atoms with E-state index in [4.69, 9.17) is 4.74 Å². The summed E-state index contributed by atoms with van der Waals surface area (Å²) in [5, 5.41) is 9.20. The first-order valence-electron chi connectivity index (χ1n) is 6.42. The monoisotopic (exact) mass is 296 g/mol. The molecule has 0 radical (unpaired) electrons. The Bertz CT molecular complexity index is 591. The van der Waals surface area contributed by atoms with Crippen LogP contribution < -0.4 is 4.74 Å². The van der Waals surface area contributed by atoms with Crippen LogP contribution in [0.15, 0.2) is 48.5 Å². The second-order valence-electron chi connectivity index (χ2n) is 4.83. The largest absolute Gasteiger partial charge is 0.508 e. The molecule has 0 aromatic heterocycles. The van der Waals surface area contributed by atoms with Crippen LogP contribution in [0.5, 0.6) is 11.5 Å². The Morgan fingerprint density at radius 3 is 2.33 bits per heavy atom. The normalized spacial score (nSPS) is 13.0. The van der Waals surface area contributed by atoms with E-state index in [0.29, 0.717) is 5.56 Å². The summed E-state index contributed by atoms with van der Waals surface area (Å²) < 4.78 is 43.7. The highest BCUT2D eigenvalue weighted by atomic mass is 19.4. The third kappa shape index (κ3) is 4.70. The molecule has 0 aliphatic heterocycles. The van der Waals surface area contributed by atoms with Crippen LogP contribution in [-0.2, 0) is 0 Å². The van der Waals surface area contributed by atoms with Crippen molar-refractivity contribution in [3.8, 4) is 11.5 Å². The molecule has 0 spiro atoms. The minimum Gasteiger partial charge on any atom is -0.508 e. The molecule has 2 rings (SSSR count). The molecular formula is C16H15F3O2. The molecule has 2 aromatic carbocycles. The lowest BCUT2D eigenvalue weighted by molar-refractivity contribution is -0.151. The number of aryl methyl sites for hydroxylation is 1. The van der Waals surface area contributed by atoms with Crippen molar-refractivity contribution < 1.29 is 23.0 Å². The highest BCUT2D eigenvalue weighted by molar-refractivity contribution is 5.31. The topological polar surface area (TPSA) is 29.5 Å². The summed E-state index contributed by atoms with van der Waals surface area (Å²) in [7, 11) is 0. The van der Waals surface area contributed by atoms with Crippen LogP contribution in [0.1, 0.15) is 23.7 Å². The van der Waals surface area contributed by atoms with Gasteiger partial charge in [-0.05, 0) is 36.8 Å². The van der Waals surface area contributed by atoms with Gasteiger partial charge in [-0.3, -0.25) is 0 Å². The molecule has 0 aliphatic rings. The van der Waals surface area contributed by atoms with Gasteiger partial charge in [-0.15, -0.1) is 0 Å². The molecule has 112 valence electrons. The summed E-state index contributed by atoms with van der Waals surface area (Å²) in [4.78, 5) is 0. The number of alkyl halides is 3. The van der Waals surface area contributed by atoms with Crippen molar-refractivity contribution in [2.75, 3.05) is 0 Å². The van der Waals surface area contributed by atoms with Gasteiger partial charge in [0.05, 0.1) is 6.42 Å². The molecule has 0 saturated carbocycles. The van der Waals surface area contributed by atoms with Crippen LogP contribution in [-0.4, -0.2) is 11.3 Å². The Hall–Kier alpha value is -2.17. The van der Waals surface area contributed by atoms with E-state index in [1.54, 1.807) is 18.2 Å². The summed E-state index contributed by atoms with van der Waals surface area (Å²) >= 11 is 0. The minimum atomic E-state index is -4.33. The molecule has 0 fully saturated rings. The average Bonchev–Trinajstić information content (AvgIpc) is 2.39. The van der Waals surface area contributed by atoms with Crippen molar-refractivity contribution in [2.45, 2.75) is 25.6 Å². The van der Waals surface area contributed by atoms with E-state index >= 15 is 0 Å². The maximum Gasteiger partial charge on any atom is 0.392 e. The maximum absolute atomic E-state index is 12.7. The summed E-state index contributed by atoms with van der Waals surface area (Å²) in [6.07, 6.45) is -6.52. The van der Waals surface area contributed by atoms with Crippen molar-refractivity contribution in [2.24, 2.45) is 0 Å². The predicted molar refractivity (Wildman–Crippen MR) is 73.3 cm³/mol. The first-order chi connectivity index (χ1) is 9.83. The number of hydrogen-bond donors (Lipinski definition) is 1. The van der Waals surface area contributed by atoms with Gasteiger partial charge in [0.25, 0.3) is 0 Å². The van der Waals surface area contributed by atoms with Crippen LogP contribution in [0.4, 0.5) is 13.2 Å². The highest BCUT2D eigenvalue weighted by Gasteiger charge is 2.34. The summed E-state index contributed by atoms with van der Waals surface area (Å²) in [6.45, 7) is 1.81. The van der Waals surface area contributed by atoms with Gasteiger partial charge in [-0.25, -0.2) is 0 Å². The molecule has 0 saturated heterocycles. The average molecular weight is 296 g/mol. The van der Waals surface area contributed by atoms with E-state index in [2.05, 4.69) is 0 Å². The summed E-state index contributed by atoms with van der Waals surface area (Å²) in [6, 6.07) is 12.4. The molecule has 2 nitrogen and oxygen atoms in total. The lowest BCUT2D eigenvalue weighted by Crippen LogP contribution is -2.18. The second kappa shape index (κ2) is 6.08. The van der Waals surface area contributed by atoms with Gasteiger partial charge < -0.3 is 9.84 Å². The fourth-order valence-corrected chi connectivity index (χ4v) is 2.00. The quantitative estimate of drug-likeness (QED) is 0.880. The molecule has 1 atom stereocenters. The van der Waals surface area contributed by atoms with Crippen molar-refractivity contribution in [3.63, 3.8) is 0 Å².